The molecule has 0 amide bonds. The topological polar surface area (TPSA) is 270 Å². The van der Waals surface area contributed by atoms with Gasteiger partial charge in [-0.15, -0.1) is 0 Å². The minimum absolute atomic E-state index is 0.122. The second-order valence-electron chi connectivity index (χ2n) is 5.48. The zero-order chi connectivity index (χ0) is 22.2. The van der Waals surface area contributed by atoms with E-state index in [-0.39, 0.29) is 5.82 Å². The van der Waals surface area contributed by atoms with Gasteiger partial charge in [0.25, 0.3) is 0 Å². The Bertz CT molecular complexity index is 946. The Morgan fingerprint density at radius 2 is 1.72 bits per heavy atom. The molecule has 2 unspecified atom stereocenters. The zero-order valence-corrected chi connectivity index (χ0v) is 16.6. The summed E-state index contributed by atoms with van der Waals surface area (Å²) < 4.78 is 50.8. The van der Waals surface area contributed by atoms with E-state index in [2.05, 4.69) is 18.1 Å². The van der Waals surface area contributed by atoms with Crippen molar-refractivity contribution >= 4 is 29.3 Å². The first-order valence-corrected chi connectivity index (χ1v) is 11.8. The van der Waals surface area contributed by atoms with Gasteiger partial charge in [-0.05, 0) is 6.07 Å². The van der Waals surface area contributed by atoms with Gasteiger partial charge in [-0.3, -0.25) is 9.09 Å². The van der Waals surface area contributed by atoms with E-state index in [0.29, 0.717) is 0 Å². The van der Waals surface area contributed by atoms with Crippen molar-refractivity contribution in [3.05, 3.63) is 22.7 Å². The molecule has 1 aliphatic rings. The van der Waals surface area contributed by atoms with Gasteiger partial charge in [0, 0.05) is 6.20 Å². The predicted molar refractivity (Wildman–Crippen MR) is 88.6 cm³/mol. The number of aliphatic hydroxyl groups excluding tert-OH is 2. The van der Waals surface area contributed by atoms with E-state index in [9.17, 15) is 33.6 Å². The van der Waals surface area contributed by atoms with Gasteiger partial charge in [-0.2, -0.15) is 13.6 Å². The molecule has 1 aromatic heterocycles. The summed E-state index contributed by atoms with van der Waals surface area (Å²) in [5.41, 5.74) is 4.39. The first-order chi connectivity index (χ1) is 13.1. The summed E-state index contributed by atoms with van der Waals surface area (Å²) in [6, 6.07) is 1.20. The lowest BCUT2D eigenvalue weighted by Crippen LogP contribution is -2.36. The molecule has 0 saturated carbocycles. The largest absolute Gasteiger partial charge is 0.490 e. The van der Waals surface area contributed by atoms with Crippen LogP contribution in [0.1, 0.15) is 6.23 Å². The van der Waals surface area contributed by atoms with E-state index in [1.807, 2.05) is 0 Å². The van der Waals surface area contributed by atoms with Gasteiger partial charge in [0.2, 0.25) is 0 Å². The summed E-state index contributed by atoms with van der Waals surface area (Å²) in [4.78, 5) is 50.5. The summed E-state index contributed by atoms with van der Waals surface area (Å²) in [6.45, 7) is -1.02. The number of nitrogen functional groups attached to an aromatic ring is 1. The summed E-state index contributed by atoms with van der Waals surface area (Å²) in [7, 11) is -16.7. The maximum Gasteiger partial charge on any atom is 0.490 e. The number of nitrogens with zero attached hydrogens (tertiary/aromatic N) is 2. The lowest BCUT2D eigenvalue weighted by molar-refractivity contribution is -0.0541. The van der Waals surface area contributed by atoms with Crippen molar-refractivity contribution < 1.29 is 61.4 Å². The molecule has 1 aromatic rings. The number of anilines is 1. The van der Waals surface area contributed by atoms with E-state index < -0.39 is 60.3 Å². The second kappa shape index (κ2) is 8.61. The molecular weight excluding hydrogens is 467 g/mol. The third-order valence-corrected chi connectivity index (χ3v) is 7.08. The number of aromatic nitrogens is 2. The van der Waals surface area contributed by atoms with Gasteiger partial charge in [-0.25, -0.2) is 18.5 Å². The smallest absolute Gasteiger partial charge is 0.387 e. The number of rotatable bonds is 8. The lowest BCUT2D eigenvalue weighted by atomic mass is 10.1. The van der Waals surface area contributed by atoms with E-state index in [1.54, 1.807) is 0 Å². The fourth-order valence-electron chi connectivity index (χ4n) is 2.19. The van der Waals surface area contributed by atoms with Crippen LogP contribution in [0.2, 0.25) is 0 Å². The second-order valence-corrected chi connectivity index (χ2v) is 9.90. The van der Waals surface area contributed by atoms with Crippen LogP contribution in [0.3, 0.4) is 0 Å². The van der Waals surface area contributed by atoms with Crippen LogP contribution in [0.25, 0.3) is 0 Å². The van der Waals surface area contributed by atoms with Crippen LogP contribution in [0.15, 0.2) is 17.1 Å². The van der Waals surface area contributed by atoms with E-state index >= 15 is 0 Å². The molecule has 0 aromatic carbocycles. The molecule has 2 rings (SSSR count). The molecular formula is C9H16N3O14P3. The highest BCUT2D eigenvalue weighted by atomic mass is 31.3. The summed E-state index contributed by atoms with van der Waals surface area (Å²) in [6.07, 6.45) is -5.38. The molecule has 0 aliphatic carbocycles. The predicted octanol–water partition coefficient (Wildman–Crippen LogP) is -2.21. The summed E-state index contributed by atoms with van der Waals surface area (Å²) in [5, 5.41) is 20.0. The number of phosphoric ester groups is 1. The molecule has 166 valence electrons. The maximum absolute atomic E-state index is 11.8. The maximum atomic E-state index is 11.8. The summed E-state index contributed by atoms with van der Waals surface area (Å²) in [5.74, 6) is -0.122. The fourth-order valence-corrected chi connectivity index (χ4v) is 5.22. The molecule has 1 saturated heterocycles. The zero-order valence-electron chi connectivity index (χ0n) is 13.9. The number of aliphatic hydroxyl groups is 2. The molecule has 1 aliphatic heterocycles. The van der Waals surface area contributed by atoms with Crippen molar-refractivity contribution in [1.82, 2.24) is 9.55 Å². The highest BCUT2D eigenvalue weighted by molar-refractivity contribution is 7.66. The van der Waals surface area contributed by atoms with Crippen LogP contribution in [-0.4, -0.2) is 64.3 Å². The molecule has 2 heterocycles. The van der Waals surface area contributed by atoms with E-state index in [1.165, 1.54) is 6.07 Å². The van der Waals surface area contributed by atoms with Crippen molar-refractivity contribution in [3.8, 4) is 0 Å². The Morgan fingerprint density at radius 3 is 2.28 bits per heavy atom. The first kappa shape index (κ1) is 24.2. The van der Waals surface area contributed by atoms with Crippen molar-refractivity contribution in [1.29, 1.82) is 0 Å². The quantitative estimate of drug-likeness (QED) is 0.193. The third kappa shape index (κ3) is 6.73. The third-order valence-electron chi connectivity index (χ3n) is 3.28. The van der Waals surface area contributed by atoms with Crippen molar-refractivity contribution in [2.45, 2.75) is 24.5 Å². The van der Waals surface area contributed by atoms with Crippen molar-refractivity contribution in [2.24, 2.45) is 0 Å². The fraction of sp³-hybridized carbons (Fsp3) is 0.556. The number of nitrogens with two attached hydrogens (primary N) is 1. The van der Waals surface area contributed by atoms with Gasteiger partial charge < -0.3 is 40.3 Å². The summed E-state index contributed by atoms with van der Waals surface area (Å²) >= 11 is 0. The average molecular weight is 483 g/mol. The van der Waals surface area contributed by atoms with Gasteiger partial charge in [-0.1, -0.05) is 0 Å². The Morgan fingerprint density at radius 1 is 1.10 bits per heavy atom. The average Bonchev–Trinajstić information content (AvgIpc) is 2.78. The van der Waals surface area contributed by atoms with Crippen LogP contribution in [-0.2, 0) is 31.6 Å². The Hall–Kier alpha value is -1.03. The number of ether oxygens (including phenoxy) is 1. The molecule has 6 atom stereocenters. The standard InChI is InChI=1S/C9H16N3O14P3/c10-5-1-2-12(9(15)11-5)8-7(14)6(13)4(24-8)3-23-28(19,20)26-29(21,22)25-27(16,17)18/h1-2,4,6-8,13-14H,3H2,(H,19,20)(H,21,22)(H2,10,11,15)(H2,16,17,18)/t4-,6+,7+,8-/m0/s1. The molecule has 0 radical (unpaired) electrons. The molecule has 20 heteroatoms. The van der Waals surface area contributed by atoms with E-state index in [0.717, 1.165) is 10.8 Å². The molecule has 1 fully saturated rings. The Labute approximate surface area is 160 Å². The highest BCUT2D eigenvalue weighted by Crippen LogP contribution is 2.66. The molecule has 0 spiro atoms. The highest BCUT2D eigenvalue weighted by Gasteiger charge is 2.46. The normalized spacial score (nSPS) is 29.3. The molecule has 0 bridgehead atoms. The molecule has 8 N–H and O–H groups in total. The van der Waals surface area contributed by atoms with E-state index in [4.69, 9.17) is 25.2 Å². The van der Waals surface area contributed by atoms with Crippen molar-refractivity contribution in [2.75, 3.05) is 12.3 Å². The van der Waals surface area contributed by atoms with Gasteiger partial charge in [0.15, 0.2) is 6.23 Å². The van der Waals surface area contributed by atoms with Gasteiger partial charge >= 0.3 is 29.2 Å². The van der Waals surface area contributed by atoms with Crippen LogP contribution in [0.5, 0.6) is 0 Å². The first-order valence-electron chi connectivity index (χ1n) is 7.25. The minimum atomic E-state index is -5.71. The van der Waals surface area contributed by atoms with Crippen LogP contribution in [0, 0.1) is 0 Å². The Kier molecular flexibility index (Phi) is 7.20. The SMILES string of the molecule is Nc1ccn([C@H]2O[C@@H](COP(=O)(O)OP(=O)(O)OP(=O)(O)O)[C@@H](O)[C@H]2O)c(=O)n1. The van der Waals surface area contributed by atoms with Gasteiger partial charge in [0.05, 0.1) is 6.61 Å². The van der Waals surface area contributed by atoms with Crippen LogP contribution >= 0.6 is 23.5 Å². The Balaban J connectivity index is 2.05. The van der Waals surface area contributed by atoms with Crippen LogP contribution in [0.4, 0.5) is 5.82 Å². The molecule has 17 nitrogen and oxygen atoms in total. The lowest BCUT2D eigenvalue weighted by Gasteiger charge is -2.19. The monoisotopic (exact) mass is 483 g/mol. The number of phosphoric acid groups is 3. The van der Waals surface area contributed by atoms with Crippen LogP contribution < -0.4 is 11.4 Å². The number of hydrogen-bond donors (Lipinski definition) is 7. The minimum Gasteiger partial charge on any atom is -0.387 e. The number of hydrogen-bond acceptors (Lipinski definition) is 12. The van der Waals surface area contributed by atoms with Crippen molar-refractivity contribution in [3.63, 3.8) is 0 Å². The molecule has 29 heavy (non-hydrogen) atoms. The van der Waals surface area contributed by atoms with Gasteiger partial charge in [0.1, 0.15) is 24.1 Å².